The minimum absolute atomic E-state index is 0.802. The van der Waals surface area contributed by atoms with E-state index in [0.717, 1.165) is 29.4 Å². The monoisotopic (exact) mass is 310 g/mol. The molecule has 3 heteroatoms. The Labute approximate surface area is 135 Å². The van der Waals surface area contributed by atoms with Crippen molar-refractivity contribution < 1.29 is 0 Å². The maximum Gasteiger partial charge on any atom is 0.0116 e. The molecule has 0 radical (unpaired) electrons. The topological polar surface area (TPSA) is 15.3 Å². The van der Waals surface area contributed by atoms with E-state index in [1.54, 1.807) is 0 Å². The highest BCUT2D eigenvalue weighted by atomic mass is 32.2. The fourth-order valence-corrected chi connectivity index (χ4v) is 5.95. The molecule has 3 rings (SSSR count). The number of piperidine rings is 2. The van der Waals surface area contributed by atoms with Crippen molar-refractivity contribution in [2.45, 2.75) is 101 Å². The highest BCUT2D eigenvalue weighted by Crippen LogP contribution is 2.40. The van der Waals surface area contributed by atoms with Crippen molar-refractivity contribution in [2.24, 2.45) is 0 Å². The number of thioether (sulfide) groups is 1. The molecule has 0 aromatic carbocycles. The van der Waals surface area contributed by atoms with E-state index in [-0.39, 0.29) is 0 Å². The van der Waals surface area contributed by atoms with Gasteiger partial charge in [-0.15, -0.1) is 0 Å². The lowest BCUT2D eigenvalue weighted by Gasteiger charge is -2.54. The zero-order valence-corrected chi connectivity index (χ0v) is 14.8. The first-order valence-corrected chi connectivity index (χ1v) is 10.6. The lowest BCUT2D eigenvalue weighted by Crippen LogP contribution is -2.60. The molecule has 4 atom stereocenters. The smallest absolute Gasteiger partial charge is 0.0116 e. The van der Waals surface area contributed by atoms with Gasteiger partial charge in [-0.3, -0.25) is 4.90 Å². The fourth-order valence-electron chi connectivity index (χ4n) is 5.13. The lowest BCUT2D eigenvalue weighted by molar-refractivity contribution is -0.0212. The van der Waals surface area contributed by atoms with Crippen LogP contribution in [0, 0.1) is 0 Å². The van der Waals surface area contributed by atoms with Crippen LogP contribution in [0.5, 0.6) is 0 Å². The molecule has 122 valence electrons. The number of nitrogens with zero attached hydrogens (tertiary/aromatic N) is 1. The number of hydrogen-bond donors (Lipinski definition) is 1. The van der Waals surface area contributed by atoms with E-state index in [4.69, 9.17) is 0 Å². The van der Waals surface area contributed by atoms with Gasteiger partial charge < -0.3 is 5.32 Å². The first-order valence-electron chi connectivity index (χ1n) is 9.35. The van der Waals surface area contributed by atoms with Crippen LogP contribution in [-0.4, -0.2) is 47.1 Å². The average molecular weight is 311 g/mol. The lowest BCUT2D eigenvalue weighted by atomic mass is 9.78. The van der Waals surface area contributed by atoms with Crippen LogP contribution < -0.4 is 5.32 Å². The highest BCUT2D eigenvalue weighted by Gasteiger charge is 2.42. The van der Waals surface area contributed by atoms with Crippen molar-refractivity contribution >= 4 is 11.8 Å². The van der Waals surface area contributed by atoms with E-state index in [9.17, 15) is 0 Å². The van der Waals surface area contributed by atoms with Crippen LogP contribution in [0.1, 0.15) is 71.1 Å². The zero-order chi connectivity index (χ0) is 14.7. The molecule has 2 nitrogen and oxygen atoms in total. The minimum Gasteiger partial charge on any atom is -0.314 e. The van der Waals surface area contributed by atoms with Gasteiger partial charge in [0.15, 0.2) is 0 Å². The third-order valence-corrected chi connectivity index (χ3v) is 7.16. The summed E-state index contributed by atoms with van der Waals surface area (Å²) in [4.78, 5) is 3.01. The van der Waals surface area contributed by atoms with Crippen LogP contribution in [0.4, 0.5) is 0 Å². The van der Waals surface area contributed by atoms with Crippen LogP contribution in [0.25, 0.3) is 0 Å². The minimum atomic E-state index is 0.802. The normalized spacial score (nSPS) is 41.1. The van der Waals surface area contributed by atoms with Gasteiger partial charge in [0.2, 0.25) is 0 Å². The Morgan fingerprint density at radius 2 is 1.57 bits per heavy atom. The summed E-state index contributed by atoms with van der Waals surface area (Å²) in [5.41, 5.74) is 0. The molecular formula is C18H34N2S. The first-order chi connectivity index (χ1) is 10.3. The molecule has 0 aromatic heterocycles. The Morgan fingerprint density at radius 3 is 2.19 bits per heavy atom. The largest absolute Gasteiger partial charge is 0.314 e. The fraction of sp³-hybridized carbons (Fsp3) is 1.00. The standard InChI is InChI=1S/C18H34N2S/c1-3-10-19-14-11-15-6-4-7-16(12-14)20(15)17-8-5-9-18(13-17)21-2/h14-19H,3-13H2,1-2H3. The molecule has 1 aliphatic carbocycles. The van der Waals surface area contributed by atoms with Gasteiger partial charge >= 0.3 is 0 Å². The van der Waals surface area contributed by atoms with Crippen molar-refractivity contribution in [3.05, 3.63) is 0 Å². The molecule has 4 unspecified atom stereocenters. The molecule has 0 aromatic rings. The number of hydrogen-bond acceptors (Lipinski definition) is 3. The van der Waals surface area contributed by atoms with Crippen LogP contribution in [-0.2, 0) is 0 Å². The van der Waals surface area contributed by atoms with Gasteiger partial charge in [0.25, 0.3) is 0 Å². The van der Waals surface area contributed by atoms with Gasteiger partial charge in [0, 0.05) is 29.4 Å². The van der Waals surface area contributed by atoms with E-state index in [0.29, 0.717) is 0 Å². The Bertz CT molecular complexity index is 308. The second-order valence-corrected chi connectivity index (χ2v) is 8.62. The van der Waals surface area contributed by atoms with Gasteiger partial charge in [0.05, 0.1) is 0 Å². The second kappa shape index (κ2) is 7.70. The molecule has 3 aliphatic rings. The molecule has 21 heavy (non-hydrogen) atoms. The summed E-state index contributed by atoms with van der Waals surface area (Å²) in [6.45, 7) is 3.50. The SMILES string of the molecule is CCCNC1CC2CCCC(C1)N2C1CCCC(SC)C1. The van der Waals surface area contributed by atoms with Crippen LogP contribution in [0.3, 0.4) is 0 Å². The van der Waals surface area contributed by atoms with E-state index < -0.39 is 0 Å². The van der Waals surface area contributed by atoms with Crippen molar-refractivity contribution in [3.8, 4) is 0 Å². The van der Waals surface area contributed by atoms with E-state index in [1.165, 1.54) is 70.8 Å². The van der Waals surface area contributed by atoms with Gasteiger partial charge in [-0.05, 0) is 64.2 Å². The molecule has 2 aliphatic heterocycles. The predicted molar refractivity (Wildman–Crippen MR) is 94.1 cm³/mol. The molecule has 2 saturated heterocycles. The van der Waals surface area contributed by atoms with E-state index in [2.05, 4.69) is 35.2 Å². The Hall–Kier alpha value is 0.270. The highest BCUT2D eigenvalue weighted by molar-refractivity contribution is 7.99. The zero-order valence-electron chi connectivity index (χ0n) is 14.0. The maximum absolute atomic E-state index is 3.81. The number of nitrogens with one attached hydrogen (secondary N) is 1. The van der Waals surface area contributed by atoms with Crippen molar-refractivity contribution in [1.82, 2.24) is 10.2 Å². The van der Waals surface area contributed by atoms with Gasteiger partial charge in [-0.25, -0.2) is 0 Å². The third kappa shape index (κ3) is 3.79. The summed E-state index contributed by atoms with van der Waals surface area (Å²) in [5.74, 6) is 0. The van der Waals surface area contributed by atoms with Gasteiger partial charge in [0.1, 0.15) is 0 Å². The molecule has 0 spiro atoms. The van der Waals surface area contributed by atoms with E-state index in [1.807, 2.05) is 0 Å². The first kappa shape index (κ1) is 16.1. The molecular weight excluding hydrogens is 276 g/mol. The molecule has 2 bridgehead atoms. The van der Waals surface area contributed by atoms with Crippen molar-refractivity contribution in [1.29, 1.82) is 0 Å². The Balaban J connectivity index is 1.63. The summed E-state index contributed by atoms with van der Waals surface area (Å²) in [6, 6.07) is 3.48. The van der Waals surface area contributed by atoms with Crippen molar-refractivity contribution in [2.75, 3.05) is 12.8 Å². The Morgan fingerprint density at radius 1 is 0.952 bits per heavy atom. The molecule has 1 saturated carbocycles. The molecule has 2 heterocycles. The van der Waals surface area contributed by atoms with Crippen LogP contribution >= 0.6 is 11.8 Å². The van der Waals surface area contributed by atoms with Crippen LogP contribution in [0.2, 0.25) is 0 Å². The molecule has 0 amide bonds. The maximum atomic E-state index is 3.81. The van der Waals surface area contributed by atoms with Crippen LogP contribution in [0.15, 0.2) is 0 Å². The summed E-state index contributed by atoms with van der Waals surface area (Å²) in [7, 11) is 0. The number of fused-ring (bicyclic) bond motifs is 2. The summed E-state index contributed by atoms with van der Waals surface area (Å²) >= 11 is 2.11. The molecule has 1 N–H and O–H groups in total. The summed E-state index contributed by atoms with van der Waals surface area (Å²) in [5, 5.41) is 4.74. The van der Waals surface area contributed by atoms with Gasteiger partial charge in [-0.1, -0.05) is 19.8 Å². The second-order valence-electron chi connectivity index (χ2n) is 7.49. The Kier molecular flexibility index (Phi) is 5.92. The molecule has 3 fully saturated rings. The average Bonchev–Trinajstić information content (AvgIpc) is 2.52. The van der Waals surface area contributed by atoms with E-state index >= 15 is 0 Å². The summed E-state index contributed by atoms with van der Waals surface area (Å²) < 4.78 is 0. The van der Waals surface area contributed by atoms with Crippen molar-refractivity contribution in [3.63, 3.8) is 0 Å². The third-order valence-electron chi connectivity index (χ3n) is 6.07. The number of rotatable bonds is 5. The predicted octanol–water partition coefficient (Wildman–Crippen LogP) is 4.05. The quantitative estimate of drug-likeness (QED) is 0.825. The summed E-state index contributed by atoms with van der Waals surface area (Å²) in [6.07, 6.45) is 16.7. The van der Waals surface area contributed by atoms with Gasteiger partial charge in [-0.2, -0.15) is 11.8 Å².